The third-order valence-electron chi connectivity index (χ3n) is 3.90. The lowest BCUT2D eigenvalue weighted by Crippen LogP contribution is -2.20. The molecule has 0 aliphatic heterocycles. The van der Waals surface area contributed by atoms with Crippen molar-refractivity contribution in [2.24, 2.45) is 0 Å². The average molecular weight is 310 g/mol. The summed E-state index contributed by atoms with van der Waals surface area (Å²) in [4.78, 5) is 0. The molecule has 0 atom stereocenters. The smallest absolute Gasteiger partial charge is 0.191 e. The molecule has 1 heterocycles. The fraction of sp³-hybridized carbons (Fsp3) is 0.867. The van der Waals surface area contributed by atoms with Crippen LogP contribution in [-0.2, 0) is 4.74 Å². The fourth-order valence-electron chi connectivity index (χ4n) is 2.47. The third-order valence-corrected chi connectivity index (χ3v) is 4.85. The van der Waals surface area contributed by atoms with Crippen LogP contribution in [0.15, 0.2) is 5.16 Å². The Hall–Kier alpha value is -0.590. The molecule has 0 amide bonds. The summed E-state index contributed by atoms with van der Waals surface area (Å²) in [6, 6.07) is 0.692. The topological polar surface area (TPSA) is 52.0 Å². The number of hydrogen-bond acceptors (Lipinski definition) is 5. The summed E-state index contributed by atoms with van der Waals surface area (Å²) in [5, 5.41) is 13.5. The van der Waals surface area contributed by atoms with Crippen molar-refractivity contribution in [1.82, 2.24) is 20.1 Å². The molecule has 2 saturated carbocycles. The number of ether oxygens (including phenoxy) is 1. The van der Waals surface area contributed by atoms with Crippen molar-refractivity contribution in [3.8, 4) is 0 Å². The molecule has 0 aromatic carbocycles. The largest absolute Gasteiger partial charge is 0.382 e. The first kappa shape index (κ1) is 15.3. The zero-order valence-corrected chi connectivity index (χ0v) is 13.7. The zero-order valence-electron chi connectivity index (χ0n) is 12.9. The molecule has 1 N–H and O–H groups in total. The van der Waals surface area contributed by atoms with Gasteiger partial charge in [0.05, 0.1) is 0 Å². The summed E-state index contributed by atoms with van der Waals surface area (Å²) in [5.41, 5.74) is 0. The van der Waals surface area contributed by atoms with E-state index >= 15 is 0 Å². The summed E-state index contributed by atoms with van der Waals surface area (Å²) in [5.74, 6) is 3.01. The van der Waals surface area contributed by atoms with E-state index in [0.29, 0.717) is 12.0 Å². The Balaban J connectivity index is 1.37. The van der Waals surface area contributed by atoms with Gasteiger partial charge in [-0.05, 0) is 45.6 Å². The molecule has 0 bridgehead atoms. The minimum absolute atomic E-state index is 0.692. The van der Waals surface area contributed by atoms with E-state index in [0.717, 1.165) is 43.6 Å². The Labute approximate surface area is 131 Å². The van der Waals surface area contributed by atoms with Crippen LogP contribution in [0, 0.1) is 0 Å². The molecule has 5 nitrogen and oxygen atoms in total. The van der Waals surface area contributed by atoms with Gasteiger partial charge in [-0.2, -0.15) is 0 Å². The van der Waals surface area contributed by atoms with E-state index in [-0.39, 0.29) is 0 Å². The molecule has 21 heavy (non-hydrogen) atoms. The molecule has 0 spiro atoms. The van der Waals surface area contributed by atoms with Crippen LogP contribution in [0.5, 0.6) is 0 Å². The van der Waals surface area contributed by atoms with Crippen LogP contribution < -0.4 is 5.32 Å². The molecule has 6 heteroatoms. The van der Waals surface area contributed by atoms with Crippen molar-refractivity contribution in [2.75, 3.05) is 32.1 Å². The van der Waals surface area contributed by atoms with Gasteiger partial charge >= 0.3 is 0 Å². The van der Waals surface area contributed by atoms with E-state index < -0.39 is 0 Å². The Morgan fingerprint density at radius 2 is 2.10 bits per heavy atom. The van der Waals surface area contributed by atoms with Gasteiger partial charge in [0.1, 0.15) is 5.82 Å². The maximum Gasteiger partial charge on any atom is 0.191 e. The van der Waals surface area contributed by atoms with Gasteiger partial charge in [-0.15, -0.1) is 10.2 Å². The number of hydrogen-bond donors (Lipinski definition) is 1. The molecule has 0 radical (unpaired) electrons. The predicted molar refractivity (Wildman–Crippen MR) is 85.0 cm³/mol. The quantitative estimate of drug-likeness (QED) is 0.503. The average Bonchev–Trinajstić information content (AvgIpc) is 3.41. The van der Waals surface area contributed by atoms with Crippen LogP contribution in [-0.4, -0.2) is 46.8 Å². The van der Waals surface area contributed by atoms with Crippen molar-refractivity contribution < 1.29 is 4.74 Å². The van der Waals surface area contributed by atoms with Crippen LogP contribution in [0.1, 0.15) is 56.8 Å². The minimum Gasteiger partial charge on any atom is -0.382 e. The second-order valence-electron chi connectivity index (χ2n) is 5.87. The van der Waals surface area contributed by atoms with Crippen LogP contribution in [0.25, 0.3) is 0 Å². The highest BCUT2D eigenvalue weighted by Crippen LogP contribution is 2.45. The summed E-state index contributed by atoms with van der Waals surface area (Å²) in [7, 11) is 0. The fourth-order valence-corrected chi connectivity index (χ4v) is 3.37. The Morgan fingerprint density at radius 1 is 1.24 bits per heavy atom. The predicted octanol–water partition coefficient (Wildman–Crippen LogP) is 2.60. The number of rotatable bonds is 11. The molecule has 0 saturated heterocycles. The van der Waals surface area contributed by atoms with E-state index in [9.17, 15) is 0 Å². The van der Waals surface area contributed by atoms with Gasteiger partial charge in [0.25, 0.3) is 0 Å². The molecule has 1 aromatic heterocycles. The lowest BCUT2D eigenvalue weighted by atomic mass is 10.4. The highest BCUT2D eigenvalue weighted by Gasteiger charge is 2.36. The molecule has 118 valence electrons. The molecule has 1 aromatic rings. The van der Waals surface area contributed by atoms with Gasteiger partial charge in [-0.25, -0.2) is 0 Å². The number of aromatic nitrogens is 3. The van der Waals surface area contributed by atoms with Crippen LogP contribution in [0.3, 0.4) is 0 Å². The Kier molecular flexibility index (Phi) is 5.55. The van der Waals surface area contributed by atoms with Crippen LogP contribution >= 0.6 is 11.8 Å². The van der Waals surface area contributed by atoms with Crippen molar-refractivity contribution in [1.29, 1.82) is 0 Å². The van der Waals surface area contributed by atoms with Crippen molar-refractivity contribution >= 4 is 11.8 Å². The Bertz CT molecular complexity index is 443. The molecule has 2 aliphatic rings. The monoisotopic (exact) mass is 310 g/mol. The summed E-state index contributed by atoms with van der Waals surface area (Å²) < 4.78 is 7.75. The highest BCUT2D eigenvalue weighted by molar-refractivity contribution is 7.99. The molecule has 2 aliphatic carbocycles. The summed E-state index contributed by atoms with van der Waals surface area (Å²) in [6.45, 7) is 5.76. The van der Waals surface area contributed by atoms with Crippen molar-refractivity contribution in [3.63, 3.8) is 0 Å². The lowest BCUT2D eigenvalue weighted by Gasteiger charge is -2.08. The number of nitrogens with zero attached hydrogens (tertiary/aromatic N) is 3. The summed E-state index contributed by atoms with van der Waals surface area (Å²) in [6.07, 6.45) is 6.30. The molecule has 0 unspecified atom stereocenters. The van der Waals surface area contributed by atoms with E-state index in [2.05, 4.69) is 20.1 Å². The van der Waals surface area contributed by atoms with Gasteiger partial charge in [0.2, 0.25) is 0 Å². The maximum absolute atomic E-state index is 5.32. The number of nitrogens with one attached hydrogen (secondary N) is 1. The van der Waals surface area contributed by atoms with Gasteiger partial charge in [-0.1, -0.05) is 11.8 Å². The van der Waals surface area contributed by atoms with Gasteiger partial charge in [0.15, 0.2) is 5.16 Å². The van der Waals surface area contributed by atoms with Crippen LogP contribution in [0.2, 0.25) is 0 Å². The molecular weight excluding hydrogens is 284 g/mol. The minimum atomic E-state index is 0.692. The van der Waals surface area contributed by atoms with Gasteiger partial charge < -0.3 is 14.6 Å². The van der Waals surface area contributed by atoms with E-state index in [1.54, 1.807) is 0 Å². The SMILES string of the molecule is CCOCCCNCCSc1nnc(C2CC2)n1C1CC1. The van der Waals surface area contributed by atoms with E-state index in [4.69, 9.17) is 4.74 Å². The second-order valence-corrected chi connectivity index (χ2v) is 6.93. The molecule has 2 fully saturated rings. The maximum atomic E-state index is 5.32. The van der Waals surface area contributed by atoms with Crippen molar-refractivity contribution in [2.45, 2.75) is 56.1 Å². The highest BCUT2D eigenvalue weighted by atomic mass is 32.2. The second kappa shape index (κ2) is 7.61. The lowest BCUT2D eigenvalue weighted by molar-refractivity contribution is 0.145. The number of thioether (sulfide) groups is 1. The van der Waals surface area contributed by atoms with E-state index in [1.165, 1.54) is 31.5 Å². The van der Waals surface area contributed by atoms with Crippen molar-refractivity contribution in [3.05, 3.63) is 5.82 Å². The Morgan fingerprint density at radius 3 is 2.81 bits per heavy atom. The normalized spacial score (nSPS) is 18.3. The van der Waals surface area contributed by atoms with Gasteiger partial charge in [-0.3, -0.25) is 0 Å². The first-order chi connectivity index (χ1) is 10.4. The standard InChI is InChI=1S/C15H26N4OS/c1-2-20-10-3-8-16-9-11-21-15-18-17-14(12-4-5-12)19(15)13-6-7-13/h12-13,16H,2-11H2,1H3. The first-order valence-electron chi connectivity index (χ1n) is 8.26. The molecule has 3 rings (SSSR count). The van der Waals surface area contributed by atoms with E-state index in [1.807, 2.05) is 18.7 Å². The van der Waals surface area contributed by atoms with Crippen LogP contribution in [0.4, 0.5) is 0 Å². The molecular formula is C15H26N4OS. The van der Waals surface area contributed by atoms with Gasteiger partial charge in [0, 0.05) is 37.5 Å². The third kappa shape index (κ3) is 4.44. The summed E-state index contributed by atoms with van der Waals surface area (Å²) >= 11 is 1.85. The first-order valence-corrected chi connectivity index (χ1v) is 9.24. The zero-order chi connectivity index (χ0) is 14.5.